The third-order valence-corrected chi connectivity index (χ3v) is 3.21. The van der Waals surface area contributed by atoms with Gasteiger partial charge in [-0.1, -0.05) is 13.8 Å². The molecule has 1 fully saturated rings. The highest BCUT2D eigenvalue weighted by atomic mass is 16.6. The zero-order valence-corrected chi connectivity index (χ0v) is 12.5. The molecule has 1 aliphatic rings. The topological polar surface area (TPSA) is 88.8 Å². The average Bonchev–Trinajstić information content (AvgIpc) is 2.97. The Hall–Kier alpha value is -2.12. The Morgan fingerprint density at radius 3 is 2.33 bits per heavy atom. The van der Waals surface area contributed by atoms with Crippen LogP contribution in [0.25, 0.3) is 0 Å². The molecular weight excluding hydrogens is 276 g/mol. The van der Waals surface area contributed by atoms with E-state index in [4.69, 9.17) is 9.15 Å². The molecule has 116 valence electrons. The molecule has 1 aromatic rings. The van der Waals surface area contributed by atoms with E-state index in [1.54, 1.807) is 16.7 Å². The van der Waals surface area contributed by atoms with E-state index in [0.29, 0.717) is 38.7 Å². The summed E-state index contributed by atoms with van der Waals surface area (Å²) < 4.78 is 10.3. The zero-order chi connectivity index (χ0) is 15.4. The van der Waals surface area contributed by atoms with Gasteiger partial charge in [0.05, 0.1) is 6.61 Å². The smallest absolute Gasteiger partial charge is 0.409 e. The fraction of sp³-hybridized carbons (Fsp3) is 0.692. The summed E-state index contributed by atoms with van der Waals surface area (Å²) >= 11 is 0. The van der Waals surface area contributed by atoms with Gasteiger partial charge >= 0.3 is 17.9 Å². The Balaban J connectivity index is 1.92. The first-order valence-electron chi connectivity index (χ1n) is 7.07. The molecule has 0 atom stereocenters. The molecule has 1 saturated heterocycles. The number of rotatable bonds is 3. The van der Waals surface area contributed by atoms with Gasteiger partial charge in [-0.15, -0.1) is 10.2 Å². The number of aromatic nitrogens is 2. The number of carbonyl (C=O) groups excluding carboxylic acids is 2. The maximum atomic E-state index is 12.2. The van der Waals surface area contributed by atoms with Crippen molar-refractivity contribution >= 4 is 12.0 Å². The molecule has 0 saturated carbocycles. The Morgan fingerprint density at radius 2 is 1.81 bits per heavy atom. The van der Waals surface area contributed by atoms with Gasteiger partial charge in [-0.3, -0.25) is 4.79 Å². The van der Waals surface area contributed by atoms with Gasteiger partial charge < -0.3 is 19.0 Å². The molecule has 2 amide bonds. The average molecular weight is 296 g/mol. The minimum Gasteiger partial charge on any atom is -0.450 e. The lowest BCUT2D eigenvalue weighted by Crippen LogP contribution is -2.50. The first kappa shape index (κ1) is 15.3. The number of carbonyl (C=O) groups is 2. The summed E-state index contributed by atoms with van der Waals surface area (Å²) in [5.74, 6) is 0.240. The van der Waals surface area contributed by atoms with E-state index in [9.17, 15) is 9.59 Å². The minimum atomic E-state index is -0.343. The molecule has 1 aromatic heterocycles. The summed E-state index contributed by atoms with van der Waals surface area (Å²) in [5, 5.41) is 7.63. The van der Waals surface area contributed by atoms with Crippen molar-refractivity contribution in [3.63, 3.8) is 0 Å². The van der Waals surface area contributed by atoms with Crippen LogP contribution in [0, 0.1) is 0 Å². The lowest BCUT2D eigenvalue weighted by atomic mass is 10.2. The van der Waals surface area contributed by atoms with Crippen LogP contribution in [0.4, 0.5) is 4.79 Å². The maximum Gasteiger partial charge on any atom is 0.409 e. The van der Waals surface area contributed by atoms with Crippen molar-refractivity contribution in [2.24, 2.45) is 0 Å². The van der Waals surface area contributed by atoms with E-state index in [0.717, 1.165) is 0 Å². The predicted molar refractivity (Wildman–Crippen MR) is 72.9 cm³/mol. The van der Waals surface area contributed by atoms with Crippen LogP contribution in [0.3, 0.4) is 0 Å². The van der Waals surface area contributed by atoms with Crippen LogP contribution < -0.4 is 0 Å². The number of nitrogens with zero attached hydrogens (tertiary/aromatic N) is 4. The fourth-order valence-electron chi connectivity index (χ4n) is 2.00. The molecule has 0 aromatic carbocycles. The van der Waals surface area contributed by atoms with Gasteiger partial charge in [0.2, 0.25) is 5.89 Å². The first-order chi connectivity index (χ1) is 10.0. The summed E-state index contributed by atoms with van der Waals surface area (Å²) in [6, 6.07) is 0. The van der Waals surface area contributed by atoms with Crippen LogP contribution in [0.2, 0.25) is 0 Å². The lowest BCUT2D eigenvalue weighted by molar-refractivity contribution is 0.0538. The minimum absolute atomic E-state index is 0.00304. The molecule has 0 radical (unpaired) electrons. The van der Waals surface area contributed by atoms with Crippen LogP contribution in [0.5, 0.6) is 0 Å². The molecular formula is C13H20N4O4. The van der Waals surface area contributed by atoms with Crippen molar-refractivity contribution in [1.82, 2.24) is 20.0 Å². The highest BCUT2D eigenvalue weighted by Crippen LogP contribution is 2.14. The third-order valence-electron chi connectivity index (χ3n) is 3.21. The number of amides is 2. The Morgan fingerprint density at radius 1 is 1.19 bits per heavy atom. The van der Waals surface area contributed by atoms with E-state index in [1.807, 2.05) is 13.8 Å². The highest BCUT2D eigenvalue weighted by Gasteiger charge is 2.28. The van der Waals surface area contributed by atoms with E-state index < -0.39 is 0 Å². The number of hydrogen-bond acceptors (Lipinski definition) is 6. The van der Waals surface area contributed by atoms with Crippen molar-refractivity contribution in [2.45, 2.75) is 26.7 Å². The van der Waals surface area contributed by atoms with Crippen LogP contribution in [0.1, 0.15) is 43.3 Å². The standard InChI is InChI=1S/C13H20N4O4/c1-4-20-13(19)17-7-5-16(6-8-17)12(18)11-15-14-10(21-11)9(2)3/h9H,4-8H2,1-3H3. The number of ether oxygens (including phenoxy) is 1. The molecule has 0 N–H and O–H groups in total. The van der Waals surface area contributed by atoms with E-state index >= 15 is 0 Å². The highest BCUT2D eigenvalue weighted by molar-refractivity contribution is 5.89. The van der Waals surface area contributed by atoms with Crippen molar-refractivity contribution in [2.75, 3.05) is 32.8 Å². The fourth-order valence-corrected chi connectivity index (χ4v) is 2.00. The van der Waals surface area contributed by atoms with Gasteiger partial charge in [-0.25, -0.2) is 4.79 Å². The van der Waals surface area contributed by atoms with Gasteiger partial charge in [0.1, 0.15) is 0 Å². The summed E-state index contributed by atoms with van der Waals surface area (Å²) in [7, 11) is 0. The second-order valence-electron chi connectivity index (χ2n) is 5.08. The van der Waals surface area contributed by atoms with Crippen LogP contribution in [0.15, 0.2) is 4.42 Å². The molecule has 1 aliphatic heterocycles. The third kappa shape index (κ3) is 3.50. The molecule has 0 spiro atoms. The van der Waals surface area contributed by atoms with Gasteiger partial charge in [-0.2, -0.15) is 0 Å². The summed E-state index contributed by atoms with van der Waals surface area (Å²) in [5.41, 5.74) is 0. The van der Waals surface area contributed by atoms with Gasteiger partial charge in [0.15, 0.2) is 0 Å². The van der Waals surface area contributed by atoms with Gasteiger partial charge in [0, 0.05) is 32.1 Å². The number of piperazine rings is 1. The van der Waals surface area contributed by atoms with Crippen molar-refractivity contribution in [3.05, 3.63) is 11.8 Å². The zero-order valence-electron chi connectivity index (χ0n) is 12.5. The predicted octanol–water partition coefficient (Wildman–Crippen LogP) is 1.11. The lowest BCUT2D eigenvalue weighted by Gasteiger charge is -2.33. The molecule has 21 heavy (non-hydrogen) atoms. The summed E-state index contributed by atoms with van der Waals surface area (Å²) in [6.45, 7) is 7.68. The molecule has 8 heteroatoms. The molecule has 8 nitrogen and oxygen atoms in total. The molecule has 2 heterocycles. The van der Waals surface area contributed by atoms with E-state index in [2.05, 4.69) is 10.2 Å². The van der Waals surface area contributed by atoms with Crippen molar-refractivity contribution in [1.29, 1.82) is 0 Å². The van der Waals surface area contributed by atoms with Crippen LogP contribution in [-0.4, -0.2) is 64.8 Å². The Bertz CT molecular complexity index is 506. The quantitative estimate of drug-likeness (QED) is 0.830. The van der Waals surface area contributed by atoms with Crippen LogP contribution >= 0.6 is 0 Å². The molecule has 0 unspecified atom stereocenters. The van der Waals surface area contributed by atoms with E-state index in [1.165, 1.54) is 0 Å². The normalized spacial score (nSPS) is 15.4. The second-order valence-corrected chi connectivity index (χ2v) is 5.08. The Kier molecular flexibility index (Phi) is 4.77. The second kappa shape index (κ2) is 6.55. The first-order valence-corrected chi connectivity index (χ1v) is 7.07. The van der Waals surface area contributed by atoms with Gasteiger partial charge in [0.25, 0.3) is 0 Å². The largest absolute Gasteiger partial charge is 0.450 e. The van der Waals surface area contributed by atoms with Gasteiger partial charge in [-0.05, 0) is 6.92 Å². The molecule has 0 aliphatic carbocycles. The van der Waals surface area contributed by atoms with Crippen LogP contribution in [-0.2, 0) is 4.74 Å². The molecule has 2 rings (SSSR count). The monoisotopic (exact) mass is 296 g/mol. The maximum absolute atomic E-state index is 12.2. The van der Waals surface area contributed by atoms with E-state index in [-0.39, 0.29) is 23.8 Å². The Labute approximate surface area is 123 Å². The summed E-state index contributed by atoms with van der Waals surface area (Å²) in [6.07, 6.45) is -0.343. The summed E-state index contributed by atoms with van der Waals surface area (Å²) in [4.78, 5) is 27.0. The van der Waals surface area contributed by atoms with Crippen molar-refractivity contribution in [3.8, 4) is 0 Å². The molecule has 0 bridgehead atoms. The van der Waals surface area contributed by atoms with Crippen molar-refractivity contribution < 1.29 is 18.7 Å². The SMILES string of the molecule is CCOC(=O)N1CCN(C(=O)c2nnc(C(C)C)o2)CC1. The number of hydrogen-bond donors (Lipinski definition) is 0.